The van der Waals surface area contributed by atoms with Gasteiger partial charge in [0.2, 0.25) is 5.09 Å². The van der Waals surface area contributed by atoms with Gasteiger partial charge in [0.05, 0.1) is 0 Å². The first-order valence-electron chi connectivity index (χ1n) is 11.7. The van der Waals surface area contributed by atoms with Crippen molar-refractivity contribution in [3.8, 4) is 0 Å². The van der Waals surface area contributed by atoms with E-state index in [-0.39, 0.29) is 22.8 Å². The lowest BCUT2D eigenvalue weighted by atomic mass is 9.88. The number of carbonyl (C=O) groups is 1. The summed E-state index contributed by atoms with van der Waals surface area (Å²) in [5.74, 6) is 0.601. The van der Waals surface area contributed by atoms with Crippen molar-refractivity contribution < 1.29 is 17.6 Å². The molecule has 0 radical (unpaired) electrons. The second kappa shape index (κ2) is 9.83. The number of hydrogen-bond donors (Lipinski definition) is 1. The van der Waals surface area contributed by atoms with Crippen molar-refractivity contribution in [2.75, 3.05) is 32.7 Å². The fourth-order valence-electron chi connectivity index (χ4n) is 5.06. The van der Waals surface area contributed by atoms with Crippen molar-refractivity contribution in [3.05, 3.63) is 17.9 Å². The number of furan rings is 1. The topological polar surface area (TPSA) is 82.9 Å². The Bertz CT molecular complexity index is 802. The summed E-state index contributed by atoms with van der Waals surface area (Å²) >= 11 is 0. The Morgan fingerprint density at radius 1 is 0.933 bits per heavy atom. The third kappa shape index (κ3) is 5.26. The molecule has 3 fully saturated rings. The number of nitrogens with one attached hydrogen (secondary N) is 1. The average molecular weight is 438 g/mol. The number of piperidine rings is 2. The van der Waals surface area contributed by atoms with E-state index in [1.54, 1.807) is 0 Å². The van der Waals surface area contributed by atoms with Crippen LogP contribution in [0.4, 0.5) is 0 Å². The Labute approximate surface area is 180 Å². The number of amides is 1. The molecule has 8 heteroatoms. The van der Waals surface area contributed by atoms with E-state index in [2.05, 4.69) is 10.2 Å². The van der Waals surface area contributed by atoms with Gasteiger partial charge in [-0.2, -0.15) is 4.31 Å². The van der Waals surface area contributed by atoms with Gasteiger partial charge in [-0.1, -0.05) is 25.7 Å². The highest BCUT2D eigenvalue weighted by molar-refractivity contribution is 7.89. The van der Waals surface area contributed by atoms with Crippen molar-refractivity contribution in [1.82, 2.24) is 14.5 Å². The summed E-state index contributed by atoms with van der Waals surface area (Å²) in [5, 5.41) is 2.91. The molecular formula is C22H35N3O4S. The molecule has 0 aromatic carbocycles. The molecule has 1 N–H and O–H groups in total. The fraction of sp³-hybridized carbons (Fsp3) is 0.773. The highest BCUT2D eigenvalue weighted by Crippen LogP contribution is 2.26. The minimum absolute atomic E-state index is 0.0789. The molecule has 4 rings (SSSR count). The summed E-state index contributed by atoms with van der Waals surface area (Å²) in [7, 11) is -3.65. The summed E-state index contributed by atoms with van der Waals surface area (Å²) in [5.41, 5.74) is 0. The predicted molar refractivity (Wildman–Crippen MR) is 115 cm³/mol. The van der Waals surface area contributed by atoms with Gasteiger partial charge in [0, 0.05) is 38.8 Å². The number of sulfonamides is 1. The van der Waals surface area contributed by atoms with Gasteiger partial charge in [-0.3, -0.25) is 4.79 Å². The zero-order valence-electron chi connectivity index (χ0n) is 17.9. The standard InChI is InChI=1S/C22H35N3O4S/c26-22(20-9-10-21(29-20)30(27,28)25-13-5-2-6-14-25)23-19-11-15-24(16-12-19)17-18-7-3-1-4-8-18/h9-10,18-19H,1-8,11-17H2,(H,23,26). The van der Waals surface area contributed by atoms with Crippen molar-refractivity contribution in [2.24, 2.45) is 5.92 Å². The van der Waals surface area contributed by atoms with Crippen molar-refractivity contribution in [3.63, 3.8) is 0 Å². The Morgan fingerprint density at radius 3 is 2.30 bits per heavy atom. The highest BCUT2D eigenvalue weighted by atomic mass is 32.2. The van der Waals surface area contributed by atoms with Crippen LogP contribution in [0.1, 0.15) is 74.8 Å². The van der Waals surface area contributed by atoms with Gasteiger partial charge in [0.25, 0.3) is 15.9 Å². The lowest BCUT2D eigenvalue weighted by Gasteiger charge is -2.35. The highest BCUT2D eigenvalue weighted by Gasteiger charge is 2.30. The molecule has 30 heavy (non-hydrogen) atoms. The smallest absolute Gasteiger partial charge is 0.287 e. The Balaban J connectivity index is 1.26. The maximum Gasteiger partial charge on any atom is 0.287 e. The number of nitrogens with zero attached hydrogens (tertiary/aromatic N) is 2. The molecule has 3 heterocycles. The summed E-state index contributed by atoms with van der Waals surface area (Å²) in [4.78, 5) is 15.1. The van der Waals surface area contributed by atoms with Crippen molar-refractivity contribution in [2.45, 2.75) is 75.3 Å². The first-order valence-corrected chi connectivity index (χ1v) is 13.1. The Hall–Kier alpha value is -1.38. The normalized spacial score (nSPS) is 23.5. The van der Waals surface area contributed by atoms with E-state index in [1.807, 2.05) is 0 Å². The molecule has 2 aliphatic heterocycles. The first kappa shape index (κ1) is 21.8. The summed E-state index contributed by atoms with van der Waals surface area (Å²) in [6.45, 7) is 4.24. The monoisotopic (exact) mass is 437 g/mol. The van der Waals surface area contributed by atoms with Crippen molar-refractivity contribution in [1.29, 1.82) is 0 Å². The number of carbonyl (C=O) groups excluding carboxylic acids is 1. The molecule has 0 spiro atoms. The van der Waals surface area contributed by atoms with E-state index in [0.29, 0.717) is 13.1 Å². The summed E-state index contributed by atoms with van der Waals surface area (Å²) < 4.78 is 32.3. The van der Waals surface area contributed by atoms with Crippen LogP contribution in [0.3, 0.4) is 0 Å². The molecule has 1 saturated carbocycles. The third-order valence-electron chi connectivity index (χ3n) is 6.88. The first-order chi connectivity index (χ1) is 14.5. The number of hydrogen-bond acceptors (Lipinski definition) is 5. The zero-order chi connectivity index (χ0) is 21.0. The molecule has 3 aliphatic rings. The van der Waals surface area contributed by atoms with Crippen LogP contribution in [0, 0.1) is 5.92 Å². The van der Waals surface area contributed by atoms with Gasteiger partial charge in [-0.05, 0) is 56.6 Å². The average Bonchev–Trinajstić information content (AvgIpc) is 3.28. The van der Waals surface area contributed by atoms with E-state index < -0.39 is 10.0 Å². The molecule has 7 nitrogen and oxygen atoms in total. The number of likely N-dealkylation sites (tertiary alicyclic amines) is 1. The largest absolute Gasteiger partial charge is 0.438 e. The second-order valence-corrected chi connectivity index (χ2v) is 11.0. The SMILES string of the molecule is O=C(NC1CCN(CC2CCCCC2)CC1)c1ccc(S(=O)(=O)N2CCCCC2)o1. The van der Waals surface area contributed by atoms with Crippen molar-refractivity contribution >= 4 is 15.9 Å². The zero-order valence-corrected chi connectivity index (χ0v) is 18.7. The van der Waals surface area contributed by atoms with Gasteiger partial charge in [0.1, 0.15) is 0 Å². The van der Waals surface area contributed by atoms with Gasteiger partial charge in [-0.15, -0.1) is 0 Å². The van der Waals surface area contributed by atoms with E-state index in [9.17, 15) is 13.2 Å². The van der Waals surface area contributed by atoms with Crippen LogP contribution in [0.2, 0.25) is 0 Å². The van der Waals surface area contributed by atoms with Crippen LogP contribution >= 0.6 is 0 Å². The minimum atomic E-state index is -3.65. The van der Waals surface area contributed by atoms with Crippen LogP contribution in [-0.2, 0) is 10.0 Å². The fourth-order valence-corrected chi connectivity index (χ4v) is 6.49. The predicted octanol–water partition coefficient (Wildman–Crippen LogP) is 3.23. The molecule has 1 amide bonds. The van der Waals surface area contributed by atoms with E-state index in [1.165, 1.54) is 55.1 Å². The van der Waals surface area contributed by atoms with Crippen LogP contribution in [0.5, 0.6) is 0 Å². The van der Waals surface area contributed by atoms with E-state index >= 15 is 0 Å². The second-order valence-electron chi connectivity index (χ2n) is 9.14. The lowest BCUT2D eigenvalue weighted by molar-refractivity contribution is 0.0868. The molecule has 1 aliphatic carbocycles. The Kier molecular flexibility index (Phi) is 7.16. The maximum atomic E-state index is 12.7. The maximum absolute atomic E-state index is 12.7. The molecule has 0 atom stereocenters. The molecule has 0 unspecified atom stereocenters. The van der Waals surface area contributed by atoms with E-state index in [4.69, 9.17) is 4.42 Å². The third-order valence-corrected chi connectivity index (χ3v) is 8.65. The van der Waals surface area contributed by atoms with Gasteiger partial charge < -0.3 is 14.6 Å². The van der Waals surface area contributed by atoms with Gasteiger partial charge in [-0.25, -0.2) is 8.42 Å². The van der Waals surface area contributed by atoms with Crippen LogP contribution in [0.25, 0.3) is 0 Å². The van der Waals surface area contributed by atoms with E-state index in [0.717, 1.165) is 51.1 Å². The molecule has 2 saturated heterocycles. The minimum Gasteiger partial charge on any atom is -0.438 e. The van der Waals surface area contributed by atoms with Gasteiger partial charge >= 0.3 is 0 Å². The quantitative estimate of drug-likeness (QED) is 0.739. The molecule has 1 aromatic rings. The molecule has 0 bridgehead atoms. The molecule has 1 aromatic heterocycles. The van der Waals surface area contributed by atoms with Gasteiger partial charge in [0.15, 0.2) is 5.76 Å². The van der Waals surface area contributed by atoms with Crippen LogP contribution < -0.4 is 5.32 Å². The summed E-state index contributed by atoms with van der Waals surface area (Å²) in [6, 6.07) is 3.00. The van der Waals surface area contributed by atoms with Crippen LogP contribution in [0.15, 0.2) is 21.6 Å². The molecule has 168 valence electrons. The Morgan fingerprint density at radius 2 is 1.60 bits per heavy atom. The lowest BCUT2D eigenvalue weighted by Crippen LogP contribution is -2.45. The molecular weight excluding hydrogens is 402 g/mol. The van der Waals surface area contributed by atoms with Crippen LogP contribution in [-0.4, -0.2) is 62.3 Å². The summed E-state index contributed by atoms with van der Waals surface area (Å²) in [6.07, 6.45) is 11.5. The number of rotatable bonds is 6.